The van der Waals surface area contributed by atoms with Gasteiger partial charge < -0.3 is 4.74 Å². The van der Waals surface area contributed by atoms with Gasteiger partial charge in [-0.25, -0.2) is 33.2 Å². The van der Waals surface area contributed by atoms with Gasteiger partial charge in [0.05, 0.1) is 12.7 Å². The molecule has 2 aliphatic heterocycles. The van der Waals surface area contributed by atoms with E-state index in [1.165, 1.54) is 18.9 Å². The molecular weight excluding hydrogens is 795 g/mol. The maximum absolute atomic E-state index is 14.1. The van der Waals surface area contributed by atoms with Gasteiger partial charge in [0.1, 0.15) is 23.3 Å². The highest BCUT2D eigenvalue weighted by Crippen LogP contribution is 2.37. The largest absolute Gasteiger partial charge is 0.373 e. The molecular formula is C41H66BrFN10O4. The predicted molar refractivity (Wildman–Crippen MR) is 226 cm³/mol. The standard InChI is InChI=1S/C25H37FN4O2.C10H18BrN3O.C6H11N3O/c1-17(2)30-19(4)27-29(25(30)31)13-6-5-12-28-20-10-11-21(28)15-22(14-20)32-16-23-18(3)8-7-9-24(23)26;1-8(2)14-9(3)12-13(10(14)15)7-5-4-6-11;1-4(2)9-5(3)7-8-6(9)10/h7-9,17,20-22H,5-6,10-16H2,1-4H3;8H,4-7H2,1-3H3;4H,1-3H3,(H,8,10). The van der Waals surface area contributed by atoms with Crippen LogP contribution >= 0.6 is 15.9 Å². The molecule has 0 spiro atoms. The molecule has 0 aliphatic carbocycles. The van der Waals surface area contributed by atoms with Crippen molar-refractivity contribution in [2.75, 3.05) is 11.9 Å². The Balaban J connectivity index is 0.000000236. The van der Waals surface area contributed by atoms with Gasteiger partial charge in [-0.05, 0) is 139 Å². The first-order valence-corrected chi connectivity index (χ1v) is 21.8. The minimum Gasteiger partial charge on any atom is -0.373 e. The van der Waals surface area contributed by atoms with E-state index in [1.807, 2.05) is 68.4 Å². The van der Waals surface area contributed by atoms with Crippen LogP contribution in [0.4, 0.5) is 4.39 Å². The van der Waals surface area contributed by atoms with Crippen molar-refractivity contribution in [1.82, 2.24) is 48.4 Å². The Bertz CT molecular complexity index is 2010. The third-order valence-electron chi connectivity index (χ3n) is 11.0. The van der Waals surface area contributed by atoms with Gasteiger partial charge in [-0.1, -0.05) is 28.1 Å². The van der Waals surface area contributed by atoms with Crippen molar-refractivity contribution < 1.29 is 9.13 Å². The van der Waals surface area contributed by atoms with E-state index in [9.17, 15) is 18.8 Å². The summed E-state index contributed by atoms with van der Waals surface area (Å²) < 4.78 is 28.6. The van der Waals surface area contributed by atoms with Crippen LogP contribution in [0.5, 0.6) is 0 Å². The van der Waals surface area contributed by atoms with Crippen LogP contribution in [-0.4, -0.2) is 78.4 Å². The third-order valence-corrected chi connectivity index (χ3v) is 11.5. The predicted octanol–water partition coefficient (Wildman–Crippen LogP) is 6.94. The number of ether oxygens (including phenoxy) is 1. The van der Waals surface area contributed by atoms with Crippen LogP contribution < -0.4 is 17.1 Å². The molecule has 2 unspecified atom stereocenters. The number of aromatic amines is 1. The summed E-state index contributed by atoms with van der Waals surface area (Å²) in [6.07, 6.45) is 8.79. The van der Waals surface area contributed by atoms with E-state index >= 15 is 0 Å². The van der Waals surface area contributed by atoms with Crippen LogP contribution in [0.3, 0.4) is 0 Å². The number of nitrogens with one attached hydrogen (secondary N) is 1. The minimum atomic E-state index is -0.169. The van der Waals surface area contributed by atoms with Crippen LogP contribution in [-0.2, 0) is 24.4 Å². The number of alkyl halides is 1. The number of halogens is 2. The lowest BCUT2D eigenvalue weighted by molar-refractivity contribution is -0.0294. The van der Waals surface area contributed by atoms with Crippen LogP contribution in [0.2, 0.25) is 0 Å². The molecule has 2 bridgehead atoms. The molecule has 3 aromatic heterocycles. The Hall–Kier alpha value is -3.63. The SMILES string of the molecule is Cc1cccc(F)c1COC1CC2CCC(C1)N2CCCCn1nc(C)n(C(C)C)c1=O.Cc1n[nH]c(=O)n1C(C)C.Cc1nn(CCCCBr)c(=O)n1C(C)C. The molecule has 14 nitrogen and oxygen atoms in total. The summed E-state index contributed by atoms with van der Waals surface area (Å²) in [6, 6.07) is 6.83. The maximum atomic E-state index is 14.1. The van der Waals surface area contributed by atoms with Crippen molar-refractivity contribution in [3.63, 3.8) is 0 Å². The molecule has 1 aromatic carbocycles. The van der Waals surface area contributed by atoms with Gasteiger partial charge in [-0.3, -0.25) is 18.6 Å². The lowest BCUT2D eigenvalue weighted by Crippen LogP contribution is -2.45. The maximum Gasteiger partial charge on any atom is 0.346 e. The summed E-state index contributed by atoms with van der Waals surface area (Å²) in [7, 11) is 0. The molecule has 2 saturated heterocycles. The van der Waals surface area contributed by atoms with Gasteiger partial charge in [-0.15, -0.1) is 0 Å². The number of rotatable bonds is 15. The topological polar surface area (TPSA) is 143 Å². The number of hydrogen-bond donors (Lipinski definition) is 1. The highest BCUT2D eigenvalue weighted by molar-refractivity contribution is 9.09. The molecule has 0 radical (unpaired) electrons. The number of unbranched alkanes of at least 4 members (excludes halogenated alkanes) is 2. The van der Waals surface area contributed by atoms with E-state index < -0.39 is 0 Å². The Labute approximate surface area is 344 Å². The smallest absolute Gasteiger partial charge is 0.346 e. The number of H-pyrrole nitrogens is 1. The number of nitrogens with zero attached hydrogens (tertiary/aromatic N) is 9. The quantitative estimate of drug-likeness (QED) is 0.100. The van der Waals surface area contributed by atoms with Crippen molar-refractivity contribution in [3.05, 3.63) is 84.1 Å². The third kappa shape index (κ3) is 12.0. The van der Waals surface area contributed by atoms with Gasteiger partial charge in [0, 0.05) is 54.2 Å². The zero-order valence-corrected chi connectivity index (χ0v) is 37.4. The molecule has 2 fully saturated rings. The van der Waals surface area contributed by atoms with Gasteiger partial charge in [-0.2, -0.15) is 15.3 Å². The zero-order valence-electron chi connectivity index (χ0n) is 35.8. The van der Waals surface area contributed by atoms with Crippen LogP contribution in [0.15, 0.2) is 32.6 Å². The molecule has 2 aliphatic rings. The van der Waals surface area contributed by atoms with Crippen molar-refractivity contribution >= 4 is 15.9 Å². The Morgan fingerprint density at radius 1 is 0.754 bits per heavy atom. The number of aromatic nitrogens is 9. The van der Waals surface area contributed by atoms with E-state index in [0.29, 0.717) is 37.3 Å². The van der Waals surface area contributed by atoms with Gasteiger partial charge in [0.25, 0.3) is 0 Å². The fraction of sp³-hybridized carbons (Fsp3) is 0.707. The molecule has 5 heterocycles. The highest BCUT2D eigenvalue weighted by Gasteiger charge is 2.40. The lowest BCUT2D eigenvalue weighted by Gasteiger charge is -2.39. The summed E-state index contributed by atoms with van der Waals surface area (Å²) in [6.45, 7) is 22.3. The normalized spacial score (nSPS) is 18.0. The summed E-state index contributed by atoms with van der Waals surface area (Å²) in [4.78, 5) is 38.0. The van der Waals surface area contributed by atoms with Crippen LogP contribution in [0.25, 0.3) is 0 Å². The van der Waals surface area contributed by atoms with Crippen molar-refractivity contribution in [3.8, 4) is 0 Å². The van der Waals surface area contributed by atoms with Crippen molar-refractivity contribution in [1.29, 1.82) is 0 Å². The summed E-state index contributed by atoms with van der Waals surface area (Å²) >= 11 is 3.37. The number of piperidine rings is 1. The fourth-order valence-electron chi connectivity index (χ4n) is 8.22. The van der Waals surface area contributed by atoms with E-state index in [4.69, 9.17) is 4.74 Å². The first-order chi connectivity index (χ1) is 27.0. The first kappa shape index (κ1) is 46.1. The van der Waals surface area contributed by atoms with Crippen molar-refractivity contribution in [2.45, 2.75) is 177 Å². The Morgan fingerprint density at radius 3 is 1.68 bits per heavy atom. The minimum absolute atomic E-state index is 0.000576. The Morgan fingerprint density at radius 2 is 1.26 bits per heavy atom. The number of hydrogen-bond acceptors (Lipinski definition) is 8. The van der Waals surface area contributed by atoms with E-state index in [-0.39, 0.29) is 47.1 Å². The molecule has 318 valence electrons. The zero-order chi connectivity index (χ0) is 42.0. The second kappa shape index (κ2) is 21.4. The molecule has 6 rings (SSSR count). The molecule has 4 aromatic rings. The number of fused-ring (bicyclic) bond motifs is 2. The first-order valence-electron chi connectivity index (χ1n) is 20.7. The average molecular weight is 862 g/mol. The average Bonchev–Trinajstić information content (AvgIpc) is 3.81. The van der Waals surface area contributed by atoms with Gasteiger partial charge in [0.15, 0.2) is 0 Å². The lowest BCUT2D eigenvalue weighted by atomic mass is 9.99. The fourth-order valence-corrected chi connectivity index (χ4v) is 8.61. The monoisotopic (exact) mass is 860 g/mol. The number of benzene rings is 1. The van der Waals surface area contributed by atoms with E-state index in [0.717, 1.165) is 73.4 Å². The highest BCUT2D eigenvalue weighted by atomic mass is 79.9. The molecule has 0 saturated carbocycles. The molecule has 16 heteroatoms. The molecule has 2 atom stereocenters. The molecule has 0 amide bonds. The van der Waals surface area contributed by atoms with Crippen LogP contribution in [0, 0.1) is 33.5 Å². The molecule has 57 heavy (non-hydrogen) atoms. The van der Waals surface area contributed by atoms with Crippen LogP contribution in [0.1, 0.15) is 140 Å². The van der Waals surface area contributed by atoms with E-state index in [2.05, 4.69) is 41.2 Å². The van der Waals surface area contributed by atoms with Gasteiger partial charge >= 0.3 is 17.1 Å². The second-order valence-electron chi connectivity index (χ2n) is 16.2. The van der Waals surface area contributed by atoms with E-state index in [1.54, 1.807) is 36.1 Å². The van der Waals surface area contributed by atoms with Gasteiger partial charge in [0.2, 0.25) is 0 Å². The Kier molecular flexibility index (Phi) is 17.3. The number of aryl methyl sites for hydroxylation is 6. The summed E-state index contributed by atoms with van der Waals surface area (Å²) in [5, 5.41) is 15.8. The second-order valence-corrected chi connectivity index (χ2v) is 17.0. The van der Waals surface area contributed by atoms with Crippen molar-refractivity contribution in [2.24, 2.45) is 0 Å². The summed E-state index contributed by atoms with van der Waals surface area (Å²) in [5.41, 5.74) is 1.52. The molecule has 1 N–H and O–H groups in total. The summed E-state index contributed by atoms with van der Waals surface area (Å²) in [5.74, 6) is 2.16.